The van der Waals surface area contributed by atoms with Crippen LogP contribution in [-0.2, 0) is 23.2 Å². The summed E-state index contributed by atoms with van der Waals surface area (Å²) in [6.45, 7) is 6.87. The molecule has 152 valence electrons. The molecule has 5 nitrogen and oxygen atoms in total. The number of hydrogen-bond acceptors (Lipinski definition) is 3. The van der Waals surface area contributed by atoms with Crippen molar-refractivity contribution in [2.75, 3.05) is 26.7 Å². The summed E-state index contributed by atoms with van der Waals surface area (Å²) in [7, 11) is 1.73. The van der Waals surface area contributed by atoms with Gasteiger partial charge in [-0.1, -0.05) is 44.2 Å². The van der Waals surface area contributed by atoms with Crippen molar-refractivity contribution in [3.8, 4) is 0 Å². The summed E-state index contributed by atoms with van der Waals surface area (Å²) in [4.78, 5) is 20.1. The molecule has 2 aromatic rings. The molecular formula is C21H29IN4OS. The second kappa shape index (κ2) is 10.2. The first-order valence-electron chi connectivity index (χ1n) is 9.32. The third kappa shape index (κ3) is 5.70. The lowest BCUT2D eigenvalue weighted by molar-refractivity contribution is -0.130. The maximum absolute atomic E-state index is 12.6. The zero-order chi connectivity index (χ0) is 19.3. The number of nitrogens with zero attached hydrogens (tertiary/aromatic N) is 2. The Labute approximate surface area is 188 Å². The van der Waals surface area contributed by atoms with Gasteiger partial charge in [0.05, 0.1) is 6.54 Å². The van der Waals surface area contributed by atoms with Crippen molar-refractivity contribution in [2.45, 2.75) is 32.2 Å². The van der Waals surface area contributed by atoms with E-state index in [1.807, 2.05) is 11.0 Å². The van der Waals surface area contributed by atoms with Gasteiger partial charge >= 0.3 is 0 Å². The molecule has 0 fully saturated rings. The van der Waals surface area contributed by atoms with Gasteiger partial charge in [-0.2, -0.15) is 0 Å². The van der Waals surface area contributed by atoms with E-state index in [2.05, 4.69) is 65.2 Å². The standard InChI is InChI=1S/C21H28N4OS.HI/c1-21(2,18-9-6-12-27-18)15-24-20(22-3)23-13-19(26)25-11-10-16-7-4-5-8-17(16)14-25;/h4-9,12H,10-11,13-15H2,1-3H3,(H2,22,23,24);1H. The van der Waals surface area contributed by atoms with E-state index in [0.29, 0.717) is 12.5 Å². The van der Waals surface area contributed by atoms with Gasteiger partial charge in [0.1, 0.15) is 0 Å². The first kappa shape index (κ1) is 22.7. The lowest BCUT2D eigenvalue weighted by atomic mass is 9.91. The fraction of sp³-hybridized carbons (Fsp3) is 0.429. The summed E-state index contributed by atoms with van der Waals surface area (Å²) in [6.07, 6.45) is 0.921. The number of amides is 1. The highest BCUT2D eigenvalue weighted by Crippen LogP contribution is 2.26. The van der Waals surface area contributed by atoms with Crippen molar-refractivity contribution in [3.63, 3.8) is 0 Å². The van der Waals surface area contributed by atoms with Crippen LogP contribution in [0.2, 0.25) is 0 Å². The second-order valence-electron chi connectivity index (χ2n) is 7.47. The van der Waals surface area contributed by atoms with E-state index in [1.54, 1.807) is 18.4 Å². The number of carbonyl (C=O) groups excluding carboxylic acids is 1. The highest BCUT2D eigenvalue weighted by molar-refractivity contribution is 14.0. The van der Waals surface area contributed by atoms with E-state index in [-0.39, 0.29) is 41.8 Å². The predicted octanol–water partition coefficient (Wildman–Crippen LogP) is 3.39. The van der Waals surface area contributed by atoms with Crippen molar-refractivity contribution in [2.24, 2.45) is 4.99 Å². The second-order valence-corrected chi connectivity index (χ2v) is 8.42. The third-order valence-electron chi connectivity index (χ3n) is 5.00. The van der Waals surface area contributed by atoms with Crippen LogP contribution >= 0.6 is 35.3 Å². The van der Waals surface area contributed by atoms with Crippen molar-refractivity contribution in [3.05, 3.63) is 57.8 Å². The number of carbonyl (C=O) groups is 1. The van der Waals surface area contributed by atoms with Gasteiger partial charge in [-0.05, 0) is 29.0 Å². The predicted molar refractivity (Wildman–Crippen MR) is 128 cm³/mol. The molecular weight excluding hydrogens is 483 g/mol. The van der Waals surface area contributed by atoms with Gasteiger partial charge in [0, 0.05) is 37.0 Å². The lowest BCUT2D eigenvalue weighted by Gasteiger charge is -2.29. The van der Waals surface area contributed by atoms with Crippen LogP contribution in [-0.4, -0.2) is 43.4 Å². The Balaban J connectivity index is 0.00000280. The van der Waals surface area contributed by atoms with Gasteiger partial charge < -0.3 is 15.5 Å². The van der Waals surface area contributed by atoms with E-state index in [0.717, 1.165) is 19.5 Å². The van der Waals surface area contributed by atoms with Crippen LogP contribution in [0, 0.1) is 0 Å². The molecule has 3 rings (SSSR count). The van der Waals surface area contributed by atoms with Crippen LogP contribution in [0.4, 0.5) is 0 Å². The fourth-order valence-corrected chi connectivity index (χ4v) is 4.11. The van der Waals surface area contributed by atoms with Gasteiger partial charge in [0.25, 0.3) is 0 Å². The zero-order valence-corrected chi connectivity index (χ0v) is 19.8. The minimum atomic E-state index is 0. The van der Waals surface area contributed by atoms with Crippen LogP contribution in [0.5, 0.6) is 0 Å². The molecule has 0 aliphatic carbocycles. The topological polar surface area (TPSA) is 56.7 Å². The van der Waals surface area contributed by atoms with E-state index in [4.69, 9.17) is 0 Å². The number of fused-ring (bicyclic) bond motifs is 1. The molecule has 0 unspecified atom stereocenters. The van der Waals surface area contributed by atoms with Crippen molar-refractivity contribution in [1.82, 2.24) is 15.5 Å². The first-order chi connectivity index (χ1) is 13.0. The molecule has 0 saturated carbocycles. The molecule has 0 atom stereocenters. The van der Waals surface area contributed by atoms with Crippen molar-refractivity contribution >= 4 is 47.2 Å². The summed E-state index contributed by atoms with van der Waals surface area (Å²) >= 11 is 1.76. The summed E-state index contributed by atoms with van der Waals surface area (Å²) in [5.74, 6) is 0.760. The van der Waals surface area contributed by atoms with E-state index >= 15 is 0 Å². The normalized spacial score (nSPS) is 14.1. The molecule has 0 spiro atoms. The van der Waals surface area contributed by atoms with E-state index in [1.165, 1.54) is 16.0 Å². The molecule has 1 aromatic heterocycles. The number of hydrogen-bond donors (Lipinski definition) is 2. The summed E-state index contributed by atoms with van der Waals surface area (Å²) in [5, 5.41) is 8.60. The van der Waals surface area contributed by atoms with Crippen LogP contribution in [0.3, 0.4) is 0 Å². The average Bonchev–Trinajstić information content (AvgIpc) is 3.23. The van der Waals surface area contributed by atoms with E-state index in [9.17, 15) is 4.79 Å². The highest BCUT2D eigenvalue weighted by Gasteiger charge is 2.23. The number of thiophene rings is 1. The lowest BCUT2D eigenvalue weighted by Crippen LogP contribution is -2.48. The molecule has 1 amide bonds. The van der Waals surface area contributed by atoms with Gasteiger partial charge in [-0.15, -0.1) is 35.3 Å². The molecule has 0 bridgehead atoms. The van der Waals surface area contributed by atoms with Gasteiger partial charge in [0.15, 0.2) is 5.96 Å². The molecule has 28 heavy (non-hydrogen) atoms. The molecule has 1 aliphatic heterocycles. The maximum Gasteiger partial charge on any atom is 0.242 e. The third-order valence-corrected chi connectivity index (χ3v) is 6.24. The van der Waals surface area contributed by atoms with Gasteiger partial charge in [-0.3, -0.25) is 9.79 Å². The zero-order valence-electron chi connectivity index (χ0n) is 16.7. The number of halogens is 1. The number of benzene rings is 1. The van der Waals surface area contributed by atoms with Crippen LogP contribution in [0.1, 0.15) is 29.9 Å². The van der Waals surface area contributed by atoms with Crippen LogP contribution in [0.15, 0.2) is 46.8 Å². The Hall–Kier alpha value is -1.61. The van der Waals surface area contributed by atoms with Gasteiger partial charge in [0.2, 0.25) is 5.91 Å². The smallest absolute Gasteiger partial charge is 0.242 e. The number of rotatable bonds is 5. The Morgan fingerprint density at radius 3 is 2.61 bits per heavy atom. The molecule has 2 heterocycles. The Kier molecular flexibility index (Phi) is 8.30. The fourth-order valence-electron chi connectivity index (χ4n) is 3.26. The van der Waals surface area contributed by atoms with E-state index < -0.39 is 0 Å². The average molecular weight is 512 g/mol. The highest BCUT2D eigenvalue weighted by atomic mass is 127. The Morgan fingerprint density at radius 2 is 1.93 bits per heavy atom. The quantitative estimate of drug-likeness (QED) is 0.367. The number of guanidine groups is 1. The molecule has 2 N–H and O–H groups in total. The minimum Gasteiger partial charge on any atom is -0.356 e. The van der Waals surface area contributed by atoms with Crippen molar-refractivity contribution < 1.29 is 4.79 Å². The van der Waals surface area contributed by atoms with Crippen molar-refractivity contribution in [1.29, 1.82) is 0 Å². The SMILES string of the molecule is CN=C(NCC(=O)N1CCc2ccccc2C1)NCC(C)(C)c1cccs1.I. The van der Waals surface area contributed by atoms with Crippen LogP contribution < -0.4 is 10.6 Å². The Morgan fingerprint density at radius 1 is 1.18 bits per heavy atom. The molecule has 1 aliphatic rings. The molecule has 7 heteroatoms. The number of aliphatic imine (C=N–C) groups is 1. The first-order valence-corrected chi connectivity index (χ1v) is 10.2. The Bertz CT molecular complexity index is 804. The molecule has 0 saturated heterocycles. The largest absolute Gasteiger partial charge is 0.356 e. The van der Waals surface area contributed by atoms with Crippen LogP contribution in [0.25, 0.3) is 0 Å². The summed E-state index contributed by atoms with van der Waals surface area (Å²) in [5.41, 5.74) is 2.60. The monoisotopic (exact) mass is 512 g/mol. The summed E-state index contributed by atoms with van der Waals surface area (Å²) < 4.78 is 0. The molecule has 0 radical (unpaired) electrons. The molecule has 1 aromatic carbocycles. The maximum atomic E-state index is 12.6. The minimum absolute atomic E-state index is 0. The summed E-state index contributed by atoms with van der Waals surface area (Å²) in [6, 6.07) is 12.6. The number of nitrogens with one attached hydrogen (secondary N) is 2. The van der Waals surface area contributed by atoms with Gasteiger partial charge in [-0.25, -0.2) is 0 Å².